The van der Waals surface area contributed by atoms with Gasteiger partial charge in [0.1, 0.15) is 5.82 Å². The number of nitrogens with zero attached hydrogens (tertiary/aromatic N) is 3. The Morgan fingerprint density at radius 1 is 1.15 bits per heavy atom. The van der Waals surface area contributed by atoms with Gasteiger partial charge in [0, 0.05) is 25.6 Å². The van der Waals surface area contributed by atoms with Gasteiger partial charge < -0.3 is 10.6 Å². The first kappa shape index (κ1) is 15.3. The van der Waals surface area contributed by atoms with Crippen molar-refractivity contribution in [3.8, 4) is 0 Å². The molecule has 114 valence electrons. The Kier molecular flexibility index (Phi) is 6.30. The summed E-state index contributed by atoms with van der Waals surface area (Å²) in [5.74, 6) is 1.89. The molecule has 2 rings (SSSR count). The number of unbranched alkanes of at least 4 members (excludes halogenated alkanes) is 5. The van der Waals surface area contributed by atoms with Crippen LogP contribution in [0.4, 0.5) is 5.95 Å². The number of H-pyrrole nitrogens is 1. The summed E-state index contributed by atoms with van der Waals surface area (Å²) in [4.78, 5) is 6.85. The SMILES string of the molecule is CCCCCCCCc1nc(N2CCC(N)CC2)n[nH]1. The fourth-order valence-corrected chi connectivity index (χ4v) is 2.71. The molecule has 0 aromatic carbocycles. The van der Waals surface area contributed by atoms with Gasteiger partial charge in [-0.2, -0.15) is 4.98 Å². The lowest BCUT2D eigenvalue weighted by Gasteiger charge is -2.28. The topological polar surface area (TPSA) is 70.8 Å². The van der Waals surface area contributed by atoms with E-state index < -0.39 is 0 Å². The van der Waals surface area contributed by atoms with Crippen LogP contribution >= 0.6 is 0 Å². The minimum Gasteiger partial charge on any atom is -0.339 e. The van der Waals surface area contributed by atoms with E-state index in [0.29, 0.717) is 6.04 Å². The molecule has 1 fully saturated rings. The Hall–Kier alpha value is -1.10. The van der Waals surface area contributed by atoms with E-state index in [1.54, 1.807) is 0 Å². The van der Waals surface area contributed by atoms with Crippen LogP contribution in [0, 0.1) is 0 Å². The van der Waals surface area contributed by atoms with E-state index in [9.17, 15) is 0 Å². The second kappa shape index (κ2) is 8.25. The maximum absolute atomic E-state index is 5.92. The molecule has 5 nitrogen and oxygen atoms in total. The van der Waals surface area contributed by atoms with Crippen molar-refractivity contribution in [3.63, 3.8) is 0 Å². The predicted octanol–water partition coefficient (Wildman–Crippen LogP) is 2.64. The first-order valence-electron chi connectivity index (χ1n) is 8.21. The van der Waals surface area contributed by atoms with Crippen LogP contribution in [0.5, 0.6) is 0 Å². The summed E-state index contributed by atoms with van der Waals surface area (Å²) in [6.45, 7) is 4.22. The van der Waals surface area contributed by atoms with Crippen LogP contribution in [0.15, 0.2) is 0 Å². The van der Waals surface area contributed by atoms with Gasteiger partial charge in [0.2, 0.25) is 5.95 Å². The highest BCUT2D eigenvalue weighted by Gasteiger charge is 2.19. The van der Waals surface area contributed by atoms with Crippen molar-refractivity contribution in [3.05, 3.63) is 5.82 Å². The molecule has 0 bridgehead atoms. The van der Waals surface area contributed by atoms with Crippen molar-refractivity contribution in [2.45, 2.75) is 70.8 Å². The average molecular weight is 279 g/mol. The molecular formula is C15H29N5. The summed E-state index contributed by atoms with van der Waals surface area (Å²) >= 11 is 0. The number of hydrogen-bond donors (Lipinski definition) is 2. The van der Waals surface area contributed by atoms with Crippen LogP contribution in [0.1, 0.15) is 64.1 Å². The normalized spacial score (nSPS) is 16.8. The molecule has 3 N–H and O–H groups in total. The largest absolute Gasteiger partial charge is 0.339 e. The maximum Gasteiger partial charge on any atom is 0.244 e. The predicted molar refractivity (Wildman–Crippen MR) is 82.9 cm³/mol. The van der Waals surface area contributed by atoms with E-state index in [4.69, 9.17) is 5.73 Å². The first-order valence-corrected chi connectivity index (χ1v) is 8.21. The summed E-state index contributed by atoms with van der Waals surface area (Å²) in [6, 6.07) is 0.354. The van der Waals surface area contributed by atoms with E-state index in [2.05, 4.69) is 27.0 Å². The fourth-order valence-electron chi connectivity index (χ4n) is 2.71. The summed E-state index contributed by atoms with van der Waals surface area (Å²) in [6.07, 6.45) is 11.0. The number of nitrogens with two attached hydrogens (primary N) is 1. The van der Waals surface area contributed by atoms with Crippen LogP contribution in [-0.2, 0) is 6.42 Å². The number of aromatic nitrogens is 3. The van der Waals surface area contributed by atoms with Gasteiger partial charge in [0.15, 0.2) is 0 Å². The number of anilines is 1. The summed E-state index contributed by atoms with van der Waals surface area (Å²) < 4.78 is 0. The third kappa shape index (κ3) is 4.78. The maximum atomic E-state index is 5.92. The highest BCUT2D eigenvalue weighted by Crippen LogP contribution is 2.15. The molecule has 5 heteroatoms. The third-order valence-corrected chi connectivity index (χ3v) is 4.11. The van der Waals surface area contributed by atoms with Crippen LogP contribution in [0.25, 0.3) is 0 Å². The molecule has 1 aliphatic heterocycles. The van der Waals surface area contributed by atoms with E-state index in [1.165, 1.54) is 38.5 Å². The minimum atomic E-state index is 0.354. The third-order valence-electron chi connectivity index (χ3n) is 4.11. The van der Waals surface area contributed by atoms with Gasteiger partial charge in [0.05, 0.1) is 0 Å². The van der Waals surface area contributed by atoms with Crippen LogP contribution in [0.3, 0.4) is 0 Å². The second-order valence-electron chi connectivity index (χ2n) is 5.92. The lowest BCUT2D eigenvalue weighted by atomic mass is 10.1. The van der Waals surface area contributed by atoms with Crippen molar-refractivity contribution in [1.82, 2.24) is 15.2 Å². The zero-order valence-corrected chi connectivity index (χ0v) is 12.8. The molecule has 0 spiro atoms. The Morgan fingerprint density at radius 2 is 1.85 bits per heavy atom. The fraction of sp³-hybridized carbons (Fsp3) is 0.867. The van der Waals surface area contributed by atoms with Crippen LogP contribution in [-0.4, -0.2) is 34.3 Å². The van der Waals surface area contributed by atoms with Gasteiger partial charge in [0.25, 0.3) is 0 Å². The highest BCUT2D eigenvalue weighted by molar-refractivity contribution is 5.29. The number of aryl methyl sites for hydroxylation is 1. The monoisotopic (exact) mass is 279 g/mol. The standard InChI is InChI=1S/C15H29N5/c1-2-3-4-5-6-7-8-14-17-15(19-18-14)20-11-9-13(16)10-12-20/h13H,2-12,16H2,1H3,(H,17,18,19). The molecule has 1 saturated heterocycles. The zero-order chi connectivity index (χ0) is 14.2. The molecule has 1 aromatic heterocycles. The van der Waals surface area contributed by atoms with E-state index in [-0.39, 0.29) is 0 Å². The Labute approximate surface area is 122 Å². The molecular weight excluding hydrogens is 250 g/mol. The smallest absolute Gasteiger partial charge is 0.244 e. The molecule has 0 radical (unpaired) electrons. The van der Waals surface area contributed by atoms with Gasteiger partial charge in [-0.05, 0) is 19.3 Å². The minimum absolute atomic E-state index is 0.354. The van der Waals surface area contributed by atoms with Crippen LogP contribution in [0.2, 0.25) is 0 Å². The number of hydrogen-bond acceptors (Lipinski definition) is 4. The van der Waals surface area contributed by atoms with E-state index in [0.717, 1.165) is 44.1 Å². The summed E-state index contributed by atoms with van der Waals surface area (Å²) in [5.41, 5.74) is 5.92. The quantitative estimate of drug-likeness (QED) is 0.718. The Balaban J connectivity index is 1.67. The summed E-state index contributed by atoms with van der Waals surface area (Å²) in [5, 5.41) is 7.42. The molecule has 0 aliphatic carbocycles. The molecule has 1 aliphatic rings. The van der Waals surface area contributed by atoms with E-state index in [1.807, 2.05) is 0 Å². The van der Waals surface area contributed by atoms with Crippen molar-refractivity contribution < 1.29 is 0 Å². The molecule has 1 aromatic rings. The Morgan fingerprint density at radius 3 is 2.60 bits per heavy atom. The molecule has 20 heavy (non-hydrogen) atoms. The van der Waals surface area contributed by atoms with Gasteiger partial charge in [-0.25, -0.2) is 0 Å². The van der Waals surface area contributed by atoms with Crippen molar-refractivity contribution in [2.75, 3.05) is 18.0 Å². The molecule has 0 unspecified atom stereocenters. The van der Waals surface area contributed by atoms with Gasteiger partial charge in [-0.1, -0.05) is 39.0 Å². The molecule has 0 atom stereocenters. The Bertz CT molecular complexity index is 368. The summed E-state index contributed by atoms with van der Waals surface area (Å²) in [7, 11) is 0. The van der Waals surface area contributed by atoms with Crippen molar-refractivity contribution in [2.24, 2.45) is 5.73 Å². The first-order chi connectivity index (χ1) is 9.79. The van der Waals surface area contributed by atoms with Crippen molar-refractivity contribution >= 4 is 5.95 Å². The van der Waals surface area contributed by atoms with Crippen LogP contribution < -0.4 is 10.6 Å². The van der Waals surface area contributed by atoms with Gasteiger partial charge >= 0.3 is 0 Å². The molecule has 0 saturated carbocycles. The number of aromatic amines is 1. The number of rotatable bonds is 8. The number of piperidine rings is 1. The lowest BCUT2D eigenvalue weighted by molar-refractivity contribution is 0.496. The van der Waals surface area contributed by atoms with Gasteiger partial charge in [-0.15, -0.1) is 5.10 Å². The second-order valence-corrected chi connectivity index (χ2v) is 5.92. The zero-order valence-electron chi connectivity index (χ0n) is 12.8. The lowest BCUT2D eigenvalue weighted by Crippen LogP contribution is -2.40. The highest BCUT2D eigenvalue weighted by atomic mass is 15.4. The van der Waals surface area contributed by atoms with E-state index >= 15 is 0 Å². The molecule has 2 heterocycles. The average Bonchev–Trinajstić information content (AvgIpc) is 2.92. The number of nitrogens with one attached hydrogen (secondary N) is 1. The van der Waals surface area contributed by atoms with Crippen molar-refractivity contribution in [1.29, 1.82) is 0 Å². The molecule has 0 amide bonds. The van der Waals surface area contributed by atoms with Gasteiger partial charge in [-0.3, -0.25) is 5.10 Å².